The zero-order chi connectivity index (χ0) is 25.8. The van der Waals surface area contributed by atoms with E-state index in [-0.39, 0.29) is 33.6 Å². The van der Waals surface area contributed by atoms with Crippen LogP contribution in [0, 0.1) is 22.7 Å². The fourth-order valence-corrected chi connectivity index (χ4v) is 9.26. The van der Waals surface area contributed by atoms with Gasteiger partial charge >= 0.3 is 0 Å². The number of fused-ring (bicyclic) bond motifs is 3. The summed E-state index contributed by atoms with van der Waals surface area (Å²) in [5.41, 5.74) is 1.34. The second-order valence-corrected chi connectivity index (χ2v) is 13.5. The van der Waals surface area contributed by atoms with Crippen molar-refractivity contribution in [3.8, 4) is 11.5 Å². The number of benzene rings is 2. The number of para-hydroxylation sites is 1. The molecular formula is C29H31BrClNO4. The number of alkyl halides is 1. The van der Waals surface area contributed by atoms with Gasteiger partial charge in [0.2, 0.25) is 0 Å². The van der Waals surface area contributed by atoms with Crippen molar-refractivity contribution >= 4 is 39.2 Å². The summed E-state index contributed by atoms with van der Waals surface area (Å²) in [5.74, 6) is 1.17. The molecule has 2 fully saturated rings. The second kappa shape index (κ2) is 7.73. The van der Waals surface area contributed by atoms with Crippen LogP contribution in [0.25, 0.3) is 0 Å². The smallest absolute Gasteiger partial charge is 0.254 e. The molecule has 7 heteroatoms. The van der Waals surface area contributed by atoms with Gasteiger partial charge in [-0.15, -0.1) is 0 Å². The molecule has 2 heterocycles. The Kier molecular flexibility index (Phi) is 5.22. The minimum Gasteiger partial charge on any atom is -0.508 e. The first-order valence-corrected chi connectivity index (χ1v) is 14.0. The summed E-state index contributed by atoms with van der Waals surface area (Å²) in [4.78, 5) is 26.2. The molecule has 1 spiro atoms. The van der Waals surface area contributed by atoms with E-state index < -0.39 is 17.1 Å². The summed E-state index contributed by atoms with van der Waals surface area (Å²) in [7, 11) is 0. The number of ketones is 1. The number of carbonyl (C=O) groups excluding carboxylic acids is 2. The topological polar surface area (TPSA) is 75.6 Å². The zero-order valence-corrected chi connectivity index (χ0v) is 23.3. The van der Waals surface area contributed by atoms with Crippen LogP contribution in [0.4, 0.5) is 0 Å². The number of nitrogens with one attached hydrogen (secondary N) is 1. The normalized spacial score (nSPS) is 36.2. The molecule has 0 bridgehead atoms. The summed E-state index contributed by atoms with van der Waals surface area (Å²) in [5, 5.41) is 14.1. The quantitative estimate of drug-likeness (QED) is 0.390. The van der Waals surface area contributed by atoms with Crippen molar-refractivity contribution in [2.75, 3.05) is 0 Å². The van der Waals surface area contributed by atoms with Crippen LogP contribution in [-0.4, -0.2) is 27.2 Å². The van der Waals surface area contributed by atoms with Crippen LogP contribution in [-0.2, 0) is 11.2 Å². The Morgan fingerprint density at radius 3 is 2.61 bits per heavy atom. The van der Waals surface area contributed by atoms with Gasteiger partial charge in [0.25, 0.3) is 5.91 Å². The van der Waals surface area contributed by atoms with E-state index in [1.54, 1.807) is 12.1 Å². The number of amides is 1. The molecule has 2 N–H and O–H groups in total. The summed E-state index contributed by atoms with van der Waals surface area (Å²) >= 11 is 10.5. The number of Topliss-reactive ketones (excluding diaryl/α,β-unsaturated/α-hetero) is 1. The molecule has 2 aromatic carbocycles. The largest absolute Gasteiger partial charge is 0.508 e. The highest BCUT2D eigenvalue weighted by Crippen LogP contribution is 2.66. The molecular weight excluding hydrogens is 542 g/mol. The summed E-state index contributed by atoms with van der Waals surface area (Å²) in [6.07, 6.45) is 3.28. The number of hydrogen-bond acceptors (Lipinski definition) is 4. The van der Waals surface area contributed by atoms with Gasteiger partial charge < -0.3 is 15.2 Å². The number of phenolic OH excluding ortho intramolecular Hbond substituents is 1. The lowest BCUT2D eigenvalue weighted by molar-refractivity contribution is -0.207. The Labute approximate surface area is 225 Å². The van der Waals surface area contributed by atoms with Crippen LogP contribution in [0.1, 0.15) is 80.0 Å². The molecule has 2 unspecified atom stereocenters. The summed E-state index contributed by atoms with van der Waals surface area (Å²) < 4.78 is 7.28. The van der Waals surface area contributed by atoms with E-state index in [0.717, 1.165) is 24.8 Å². The molecule has 190 valence electrons. The lowest BCUT2D eigenvalue weighted by atomic mass is 9.44. The monoisotopic (exact) mass is 571 g/mol. The molecule has 0 radical (unpaired) electrons. The number of hydrogen-bond donors (Lipinski definition) is 2. The Bertz CT molecular complexity index is 1320. The van der Waals surface area contributed by atoms with Crippen molar-refractivity contribution in [2.24, 2.45) is 22.7 Å². The molecule has 4 aliphatic rings. The standard InChI is InChI=1S/C29H31BrClNO4/c1-14-9-10-20-27(2,3)25(34)17(30)13-29(20)28(14,4)12-15-11-18(31)21-22(24(15)36-29)23(32-26(21)35)16-7-5-6-8-19(16)33/h5-8,11,14,17,20,23,33H,9-10,12-13H2,1-4H3,(H,32,35)/t14-,17?,20-,23?,28+,29-/m0/s1. The third-order valence-corrected chi connectivity index (χ3v) is 11.0. The average molecular weight is 573 g/mol. The van der Waals surface area contributed by atoms with Gasteiger partial charge in [-0.05, 0) is 42.9 Å². The molecule has 6 atom stereocenters. The number of ether oxygens (including phenoxy) is 1. The predicted molar refractivity (Wildman–Crippen MR) is 142 cm³/mol. The van der Waals surface area contributed by atoms with Crippen LogP contribution >= 0.6 is 27.5 Å². The molecule has 6 rings (SSSR count). The Hall–Kier alpha value is -2.05. The maximum atomic E-state index is 13.4. The second-order valence-electron chi connectivity index (χ2n) is 12.0. The Balaban J connectivity index is 1.60. The number of halogens is 2. The first-order valence-electron chi connectivity index (χ1n) is 12.7. The fourth-order valence-electron chi connectivity index (χ4n) is 7.87. The van der Waals surface area contributed by atoms with Gasteiger partial charge in [0.1, 0.15) is 17.1 Å². The number of carbonyl (C=O) groups is 2. The maximum absolute atomic E-state index is 13.4. The molecule has 0 saturated heterocycles. The van der Waals surface area contributed by atoms with Crippen molar-refractivity contribution < 1.29 is 19.4 Å². The lowest BCUT2D eigenvalue weighted by Gasteiger charge is -2.66. The highest BCUT2D eigenvalue weighted by molar-refractivity contribution is 9.10. The molecule has 1 amide bonds. The summed E-state index contributed by atoms with van der Waals surface area (Å²) in [6, 6.07) is 8.36. The van der Waals surface area contributed by atoms with Gasteiger partial charge in [-0.1, -0.05) is 73.4 Å². The minimum atomic E-state index is -0.584. The van der Waals surface area contributed by atoms with Crippen LogP contribution in [0.5, 0.6) is 11.5 Å². The third-order valence-electron chi connectivity index (χ3n) is 10.0. The van der Waals surface area contributed by atoms with E-state index in [2.05, 4.69) is 48.9 Å². The van der Waals surface area contributed by atoms with Crippen LogP contribution < -0.4 is 10.1 Å². The first-order chi connectivity index (χ1) is 16.9. The molecule has 2 aliphatic heterocycles. The molecule has 2 saturated carbocycles. The van der Waals surface area contributed by atoms with E-state index in [0.29, 0.717) is 39.8 Å². The van der Waals surface area contributed by atoms with Crippen LogP contribution in [0.2, 0.25) is 5.02 Å². The van der Waals surface area contributed by atoms with Crippen molar-refractivity contribution in [3.63, 3.8) is 0 Å². The van der Waals surface area contributed by atoms with E-state index in [9.17, 15) is 14.7 Å². The predicted octanol–water partition coefficient (Wildman–Crippen LogP) is 6.37. The zero-order valence-electron chi connectivity index (χ0n) is 21.0. The van der Waals surface area contributed by atoms with Gasteiger partial charge in [0, 0.05) is 34.3 Å². The van der Waals surface area contributed by atoms with Crippen molar-refractivity contribution in [3.05, 3.63) is 57.6 Å². The van der Waals surface area contributed by atoms with Gasteiger partial charge in [-0.2, -0.15) is 0 Å². The molecule has 36 heavy (non-hydrogen) atoms. The third kappa shape index (κ3) is 2.94. The average Bonchev–Trinajstić information content (AvgIpc) is 3.16. The molecule has 5 nitrogen and oxygen atoms in total. The van der Waals surface area contributed by atoms with Gasteiger partial charge in [0.15, 0.2) is 5.78 Å². The SMILES string of the molecule is C[C@H]1CC[C@H]2C(C)(C)C(=O)C(Br)C[C@]23Oc2c(cc(Cl)c4c2C(c2ccccc2O)NC4=O)C[C@]13C. The van der Waals surface area contributed by atoms with Gasteiger partial charge in [0.05, 0.1) is 21.5 Å². The van der Waals surface area contributed by atoms with Gasteiger partial charge in [-0.3, -0.25) is 9.59 Å². The van der Waals surface area contributed by atoms with Crippen molar-refractivity contribution in [1.29, 1.82) is 0 Å². The van der Waals surface area contributed by atoms with Crippen LogP contribution in [0.3, 0.4) is 0 Å². The maximum Gasteiger partial charge on any atom is 0.254 e. The molecule has 2 aromatic rings. The summed E-state index contributed by atoms with van der Waals surface area (Å²) in [6.45, 7) is 8.73. The van der Waals surface area contributed by atoms with E-state index in [1.807, 2.05) is 18.2 Å². The van der Waals surface area contributed by atoms with E-state index >= 15 is 0 Å². The highest BCUT2D eigenvalue weighted by Gasteiger charge is 2.69. The van der Waals surface area contributed by atoms with Gasteiger partial charge in [-0.25, -0.2) is 0 Å². The van der Waals surface area contributed by atoms with E-state index in [4.69, 9.17) is 16.3 Å². The van der Waals surface area contributed by atoms with Crippen molar-refractivity contribution in [1.82, 2.24) is 5.32 Å². The van der Waals surface area contributed by atoms with E-state index in [1.165, 1.54) is 0 Å². The fraction of sp³-hybridized carbons (Fsp3) is 0.517. The highest BCUT2D eigenvalue weighted by atomic mass is 79.9. The molecule has 2 aliphatic carbocycles. The molecule has 0 aromatic heterocycles. The number of aromatic hydroxyl groups is 1. The van der Waals surface area contributed by atoms with Crippen molar-refractivity contribution in [2.45, 2.75) is 69.8 Å². The lowest BCUT2D eigenvalue weighted by Crippen LogP contribution is -2.71. The Morgan fingerprint density at radius 1 is 1.17 bits per heavy atom. The number of rotatable bonds is 1. The Morgan fingerprint density at radius 2 is 1.89 bits per heavy atom. The first kappa shape index (κ1) is 24.3. The minimum absolute atomic E-state index is 0.0422. The number of phenols is 1. The van der Waals surface area contributed by atoms with Crippen LogP contribution in [0.15, 0.2) is 30.3 Å².